The molecule has 1 rings (SSSR count). The van der Waals surface area contributed by atoms with Gasteiger partial charge >= 0.3 is 0 Å². The molecule has 0 aliphatic rings. The molecule has 4 heteroatoms. The monoisotopic (exact) mass is 241 g/mol. The molecule has 0 fully saturated rings. The minimum atomic E-state index is 0.776. The topological polar surface area (TPSA) is 28.2 Å². The van der Waals surface area contributed by atoms with Crippen molar-refractivity contribution in [3.05, 3.63) is 16.1 Å². The van der Waals surface area contributed by atoms with Crippen molar-refractivity contribution >= 4 is 11.3 Å². The standard InChI is InChI=1S/C12H23N3S/c1-10(2)5-6-15(4)8-11-9-16-12(14-11)7-13-3/h9-10,13H,5-8H2,1-4H3. The van der Waals surface area contributed by atoms with Gasteiger partial charge in [-0.1, -0.05) is 13.8 Å². The summed E-state index contributed by atoms with van der Waals surface area (Å²) in [5.74, 6) is 0.776. The number of rotatable bonds is 7. The summed E-state index contributed by atoms with van der Waals surface area (Å²) in [4.78, 5) is 6.93. The van der Waals surface area contributed by atoms with Crippen molar-refractivity contribution in [1.29, 1.82) is 0 Å². The van der Waals surface area contributed by atoms with Crippen LogP contribution in [0.2, 0.25) is 0 Å². The van der Waals surface area contributed by atoms with Gasteiger partial charge in [0.2, 0.25) is 0 Å². The van der Waals surface area contributed by atoms with Crippen molar-refractivity contribution < 1.29 is 0 Å². The molecule has 0 bridgehead atoms. The normalized spacial score (nSPS) is 11.6. The van der Waals surface area contributed by atoms with E-state index in [2.05, 4.69) is 41.5 Å². The number of nitrogens with one attached hydrogen (secondary N) is 1. The summed E-state index contributed by atoms with van der Waals surface area (Å²) in [6.07, 6.45) is 1.25. The lowest BCUT2D eigenvalue weighted by Crippen LogP contribution is -2.20. The minimum Gasteiger partial charge on any atom is -0.314 e. The first kappa shape index (κ1) is 13.6. The Labute approximate surface area is 103 Å². The molecule has 1 N–H and O–H groups in total. The fraction of sp³-hybridized carbons (Fsp3) is 0.750. The molecule has 0 atom stereocenters. The predicted molar refractivity (Wildman–Crippen MR) is 70.7 cm³/mol. The first-order valence-corrected chi connectivity index (χ1v) is 6.76. The van der Waals surface area contributed by atoms with Crippen LogP contribution < -0.4 is 5.32 Å². The van der Waals surface area contributed by atoms with Crippen molar-refractivity contribution in [2.45, 2.75) is 33.4 Å². The van der Waals surface area contributed by atoms with Gasteiger partial charge in [0.15, 0.2) is 0 Å². The van der Waals surface area contributed by atoms with Gasteiger partial charge < -0.3 is 10.2 Å². The molecular formula is C12H23N3S. The highest BCUT2D eigenvalue weighted by molar-refractivity contribution is 7.09. The van der Waals surface area contributed by atoms with Crippen LogP contribution in [0.1, 0.15) is 31.0 Å². The molecule has 0 saturated carbocycles. The lowest BCUT2D eigenvalue weighted by Gasteiger charge is -2.16. The predicted octanol–water partition coefficient (Wildman–Crippen LogP) is 2.34. The van der Waals surface area contributed by atoms with Gasteiger partial charge in [-0.2, -0.15) is 0 Å². The van der Waals surface area contributed by atoms with Crippen LogP contribution in [0.5, 0.6) is 0 Å². The molecule has 92 valence electrons. The van der Waals surface area contributed by atoms with Gasteiger partial charge in [-0.3, -0.25) is 0 Å². The zero-order valence-corrected chi connectivity index (χ0v) is 11.6. The van der Waals surface area contributed by atoms with Gasteiger partial charge in [0, 0.05) is 18.5 Å². The van der Waals surface area contributed by atoms with Crippen molar-refractivity contribution in [3.8, 4) is 0 Å². The van der Waals surface area contributed by atoms with Crippen LogP contribution in [0, 0.1) is 5.92 Å². The maximum Gasteiger partial charge on any atom is 0.107 e. The van der Waals surface area contributed by atoms with Crippen LogP contribution >= 0.6 is 11.3 Å². The summed E-state index contributed by atoms with van der Waals surface area (Å²) in [5, 5.41) is 6.47. The van der Waals surface area contributed by atoms with Crippen LogP contribution in [-0.4, -0.2) is 30.5 Å². The molecular weight excluding hydrogens is 218 g/mol. The summed E-state index contributed by atoms with van der Waals surface area (Å²) in [6.45, 7) is 7.52. The fourth-order valence-corrected chi connectivity index (χ4v) is 2.29. The Morgan fingerprint density at radius 1 is 1.50 bits per heavy atom. The highest BCUT2D eigenvalue weighted by Crippen LogP contribution is 2.11. The van der Waals surface area contributed by atoms with Crippen molar-refractivity contribution in [2.75, 3.05) is 20.6 Å². The second kappa shape index (κ2) is 6.99. The Balaban J connectivity index is 2.34. The molecule has 1 aromatic rings. The molecule has 0 radical (unpaired) electrons. The third-order valence-corrected chi connectivity index (χ3v) is 3.35. The van der Waals surface area contributed by atoms with E-state index in [4.69, 9.17) is 0 Å². The smallest absolute Gasteiger partial charge is 0.107 e. The summed E-state index contributed by atoms with van der Waals surface area (Å²) < 4.78 is 0. The van der Waals surface area contributed by atoms with Crippen LogP contribution in [0.3, 0.4) is 0 Å². The van der Waals surface area contributed by atoms with Gasteiger partial charge in [-0.15, -0.1) is 11.3 Å². The zero-order valence-electron chi connectivity index (χ0n) is 10.8. The Morgan fingerprint density at radius 2 is 2.25 bits per heavy atom. The van der Waals surface area contributed by atoms with Crippen molar-refractivity contribution in [3.63, 3.8) is 0 Å². The van der Waals surface area contributed by atoms with E-state index in [1.807, 2.05) is 7.05 Å². The van der Waals surface area contributed by atoms with Crippen LogP contribution in [0.15, 0.2) is 5.38 Å². The summed E-state index contributed by atoms with van der Waals surface area (Å²) >= 11 is 1.74. The van der Waals surface area contributed by atoms with E-state index in [1.165, 1.54) is 17.1 Å². The maximum atomic E-state index is 4.58. The van der Waals surface area contributed by atoms with Gasteiger partial charge in [-0.25, -0.2) is 4.98 Å². The number of thiazole rings is 1. The molecule has 0 unspecified atom stereocenters. The fourth-order valence-electron chi connectivity index (χ4n) is 1.49. The molecule has 16 heavy (non-hydrogen) atoms. The highest BCUT2D eigenvalue weighted by atomic mass is 32.1. The SMILES string of the molecule is CNCc1nc(CN(C)CCC(C)C)cs1. The summed E-state index contributed by atoms with van der Waals surface area (Å²) in [6, 6.07) is 0. The second-order valence-corrected chi connectivity index (χ2v) is 5.63. The largest absolute Gasteiger partial charge is 0.314 e. The number of hydrogen-bond acceptors (Lipinski definition) is 4. The molecule has 0 amide bonds. The maximum absolute atomic E-state index is 4.58. The minimum absolute atomic E-state index is 0.776. The quantitative estimate of drug-likeness (QED) is 0.794. The Kier molecular flexibility index (Phi) is 5.95. The van der Waals surface area contributed by atoms with Gasteiger partial charge in [0.1, 0.15) is 5.01 Å². The first-order valence-electron chi connectivity index (χ1n) is 5.88. The molecule has 1 heterocycles. The second-order valence-electron chi connectivity index (χ2n) is 4.68. The molecule has 0 spiro atoms. The lowest BCUT2D eigenvalue weighted by molar-refractivity contribution is 0.300. The molecule has 0 aromatic carbocycles. The molecule has 0 saturated heterocycles. The zero-order chi connectivity index (χ0) is 12.0. The molecule has 0 aliphatic carbocycles. The first-order chi connectivity index (χ1) is 7.61. The molecule has 3 nitrogen and oxygen atoms in total. The van der Waals surface area contributed by atoms with Gasteiger partial charge in [0.25, 0.3) is 0 Å². The van der Waals surface area contributed by atoms with E-state index in [1.54, 1.807) is 11.3 Å². The van der Waals surface area contributed by atoms with E-state index < -0.39 is 0 Å². The van der Waals surface area contributed by atoms with E-state index in [0.29, 0.717) is 0 Å². The average Bonchev–Trinajstić information content (AvgIpc) is 2.63. The van der Waals surface area contributed by atoms with Crippen LogP contribution in [0.4, 0.5) is 0 Å². The average molecular weight is 241 g/mol. The number of aromatic nitrogens is 1. The van der Waals surface area contributed by atoms with Crippen LogP contribution in [0.25, 0.3) is 0 Å². The molecule has 0 aliphatic heterocycles. The Bertz CT molecular complexity index is 296. The third kappa shape index (κ3) is 5.05. The van der Waals surface area contributed by atoms with E-state index in [9.17, 15) is 0 Å². The number of hydrogen-bond donors (Lipinski definition) is 1. The Morgan fingerprint density at radius 3 is 2.88 bits per heavy atom. The highest BCUT2D eigenvalue weighted by Gasteiger charge is 2.05. The van der Waals surface area contributed by atoms with Crippen molar-refractivity contribution in [1.82, 2.24) is 15.2 Å². The third-order valence-electron chi connectivity index (χ3n) is 2.45. The Hall–Kier alpha value is -0.450. The summed E-state index contributed by atoms with van der Waals surface area (Å²) in [5.41, 5.74) is 1.20. The van der Waals surface area contributed by atoms with Gasteiger partial charge in [-0.05, 0) is 33.0 Å². The number of nitrogens with zero attached hydrogens (tertiary/aromatic N) is 2. The lowest BCUT2D eigenvalue weighted by atomic mass is 10.1. The van der Waals surface area contributed by atoms with Crippen LogP contribution in [-0.2, 0) is 13.1 Å². The molecule has 1 aromatic heterocycles. The van der Waals surface area contributed by atoms with E-state index in [0.717, 1.165) is 25.6 Å². The van der Waals surface area contributed by atoms with E-state index >= 15 is 0 Å². The van der Waals surface area contributed by atoms with Crippen molar-refractivity contribution in [2.24, 2.45) is 5.92 Å². The van der Waals surface area contributed by atoms with Gasteiger partial charge in [0.05, 0.1) is 5.69 Å². The summed E-state index contributed by atoms with van der Waals surface area (Å²) in [7, 11) is 4.12. The van der Waals surface area contributed by atoms with E-state index in [-0.39, 0.29) is 0 Å².